The zero-order chi connectivity index (χ0) is 23.3. The molecule has 1 aliphatic rings. The van der Waals surface area contributed by atoms with E-state index in [1.54, 1.807) is 30.2 Å². The van der Waals surface area contributed by atoms with Crippen LogP contribution in [0.25, 0.3) is 0 Å². The molecule has 9 nitrogen and oxygen atoms in total. The second kappa shape index (κ2) is 10.0. The van der Waals surface area contributed by atoms with E-state index in [9.17, 15) is 14.4 Å². The van der Waals surface area contributed by atoms with Crippen LogP contribution in [0, 0.1) is 0 Å². The van der Waals surface area contributed by atoms with Gasteiger partial charge >= 0.3 is 5.97 Å². The Morgan fingerprint density at radius 3 is 2.28 bits per heavy atom. The molecule has 0 aromatic heterocycles. The van der Waals surface area contributed by atoms with Crippen LogP contribution in [0.15, 0.2) is 36.4 Å². The fourth-order valence-corrected chi connectivity index (χ4v) is 3.73. The number of ether oxygens (including phenoxy) is 4. The first-order valence-corrected chi connectivity index (χ1v) is 10.0. The zero-order valence-corrected chi connectivity index (χ0v) is 18.3. The number of nitrogens with zero attached hydrogens (tertiary/aromatic N) is 1. The minimum Gasteiger partial charge on any atom is -0.493 e. The number of rotatable bonds is 8. The van der Waals surface area contributed by atoms with Crippen molar-refractivity contribution >= 4 is 17.8 Å². The number of fused-ring (bicyclic) bond motifs is 1. The second-order valence-electron chi connectivity index (χ2n) is 7.22. The summed E-state index contributed by atoms with van der Waals surface area (Å²) in [5.74, 6) is 0.275. The average molecular weight is 442 g/mol. The van der Waals surface area contributed by atoms with Crippen LogP contribution in [0.1, 0.15) is 33.9 Å². The molecule has 2 N–H and O–H groups in total. The summed E-state index contributed by atoms with van der Waals surface area (Å²) in [6.45, 7) is 0.184. The van der Waals surface area contributed by atoms with E-state index in [1.807, 2.05) is 6.07 Å². The lowest BCUT2D eigenvalue weighted by molar-refractivity contribution is -0.144. The standard InChI is InChI=1S/C23H26N2O7/c1-29-19-10-15-8-9-25(18(12-22(27)31-3)17(15)11-20(19)30-2)21(26)13-32-16-6-4-14(5-7-16)23(24)28/h4-7,10-11,18H,8-9,12-13H2,1-3H3,(H2,24,28)/t18-/m0/s1. The minimum absolute atomic E-state index is 0.00195. The third-order valence-corrected chi connectivity index (χ3v) is 5.41. The molecule has 1 aliphatic heterocycles. The van der Waals surface area contributed by atoms with Crippen LogP contribution in [-0.4, -0.2) is 57.2 Å². The second-order valence-corrected chi connectivity index (χ2v) is 7.22. The minimum atomic E-state index is -0.544. The summed E-state index contributed by atoms with van der Waals surface area (Å²) in [4.78, 5) is 38.0. The van der Waals surface area contributed by atoms with E-state index in [4.69, 9.17) is 24.7 Å². The topological polar surface area (TPSA) is 117 Å². The summed E-state index contributed by atoms with van der Waals surface area (Å²) in [6.07, 6.45) is 0.588. The van der Waals surface area contributed by atoms with Crippen molar-refractivity contribution in [3.8, 4) is 17.2 Å². The van der Waals surface area contributed by atoms with Crippen LogP contribution < -0.4 is 19.9 Å². The molecule has 32 heavy (non-hydrogen) atoms. The molecule has 0 unspecified atom stereocenters. The Morgan fingerprint density at radius 2 is 1.69 bits per heavy atom. The van der Waals surface area contributed by atoms with Gasteiger partial charge in [0.2, 0.25) is 5.91 Å². The molecular weight excluding hydrogens is 416 g/mol. The van der Waals surface area contributed by atoms with Gasteiger partial charge in [-0.25, -0.2) is 0 Å². The molecule has 0 spiro atoms. The summed E-state index contributed by atoms with van der Waals surface area (Å²) >= 11 is 0. The SMILES string of the molecule is COC(=O)C[C@H]1c2cc(OC)c(OC)cc2CCN1C(=O)COc1ccc(C(N)=O)cc1. The Balaban J connectivity index is 1.82. The van der Waals surface area contributed by atoms with Crippen molar-refractivity contribution in [2.75, 3.05) is 34.5 Å². The molecule has 0 radical (unpaired) electrons. The van der Waals surface area contributed by atoms with Gasteiger partial charge in [-0.2, -0.15) is 0 Å². The molecule has 0 saturated heterocycles. The van der Waals surface area contributed by atoms with E-state index in [1.165, 1.54) is 26.4 Å². The molecule has 1 heterocycles. The number of primary amides is 1. The van der Waals surface area contributed by atoms with E-state index >= 15 is 0 Å². The molecule has 2 amide bonds. The van der Waals surface area contributed by atoms with E-state index < -0.39 is 17.9 Å². The lowest BCUT2D eigenvalue weighted by Gasteiger charge is -2.37. The van der Waals surface area contributed by atoms with Crippen molar-refractivity contribution in [1.82, 2.24) is 4.90 Å². The number of carbonyl (C=O) groups is 3. The van der Waals surface area contributed by atoms with Crippen LogP contribution in [0.3, 0.4) is 0 Å². The Labute approximate surface area is 186 Å². The zero-order valence-electron chi connectivity index (χ0n) is 18.3. The largest absolute Gasteiger partial charge is 0.493 e. The van der Waals surface area contributed by atoms with Crippen LogP contribution in [-0.2, 0) is 20.7 Å². The Bertz CT molecular complexity index is 1000. The number of nitrogens with two attached hydrogens (primary N) is 1. The van der Waals surface area contributed by atoms with Gasteiger partial charge in [0.1, 0.15) is 5.75 Å². The average Bonchev–Trinajstić information content (AvgIpc) is 2.81. The van der Waals surface area contributed by atoms with Crippen LogP contribution in [0.5, 0.6) is 17.2 Å². The van der Waals surface area contributed by atoms with Crippen LogP contribution >= 0.6 is 0 Å². The van der Waals surface area contributed by atoms with E-state index in [0.717, 1.165) is 11.1 Å². The molecule has 170 valence electrons. The van der Waals surface area contributed by atoms with Gasteiger partial charge in [-0.05, 0) is 53.9 Å². The van der Waals surface area contributed by atoms with Gasteiger partial charge in [-0.3, -0.25) is 14.4 Å². The predicted octanol–water partition coefficient (Wildman–Crippen LogP) is 1.87. The van der Waals surface area contributed by atoms with E-state index in [2.05, 4.69) is 0 Å². The highest BCUT2D eigenvalue weighted by molar-refractivity contribution is 5.92. The van der Waals surface area contributed by atoms with Gasteiger partial charge in [0.05, 0.1) is 33.8 Å². The quantitative estimate of drug-likeness (QED) is 0.620. The van der Waals surface area contributed by atoms with Gasteiger partial charge < -0.3 is 29.6 Å². The van der Waals surface area contributed by atoms with Gasteiger partial charge in [-0.1, -0.05) is 0 Å². The molecule has 1 atom stereocenters. The normalized spacial score (nSPS) is 14.8. The first-order chi connectivity index (χ1) is 15.4. The fraction of sp³-hybridized carbons (Fsp3) is 0.348. The van der Waals surface area contributed by atoms with Crippen molar-refractivity contribution in [1.29, 1.82) is 0 Å². The number of methoxy groups -OCH3 is 3. The van der Waals surface area contributed by atoms with Crippen molar-refractivity contribution in [2.24, 2.45) is 5.73 Å². The van der Waals surface area contributed by atoms with Crippen LogP contribution in [0.4, 0.5) is 0 Å². The monoisotopic (exact) mass is 442 g/mol. The van der Waals surface area contributed by atoms with E-state index in [-0.39, 0.29) is 18.9 Å². The number of amides is 2. The van der Waals surface area contributed by atoms with Crippen molar-refractivity contribution in [3.63, 3.8) is 0 Å². The molecule has 3 rings (SSSR count). The highest BCUT2D eigenvalue weighted by atomic mass is 16.5. The first kappa shape index (κ1) is 22.9. The van der Waals surface area contributed by atoms with Crippen molar-refractivity contribution < 1.29 is 33.3 Å². The van der Waals surface area contributed by atoms with Crippen LogP contribution in [0.2, 0.25) is 0 Å². The molecule has 9 heteroatoms. The van der Waals surface area contributed by atoms with E-state index in [0.29, 0.717) is 35.8 Å². The molecule has 0 fully saturated rings. The summed E-state index contributed by atoms with van der Waals surface area (Å²) in [5.41, 5.74) is 7.36. The third kappa shape index (κ3) is 4.93. The maximum Gasteiger partial charge on any atom is 0.307 e. The first-order valence-electron chi connectivity index (χ1n) is 10.0. The van der Waals surface area contributed by atoms with Crippen molar-refractivity contribution in [3.05, 3.63) is 53.1 Å². The maximum absolute atomic E-state index is 13.0. The number of hydrogen-bond donors (Lipinski definition) is 1. The Kier molecular flexibility index (Phi) is 7.19. The number of esters is 1. The number of hydrogen-bond acceptors (Lipinski definition) is 7. The lowest BCUT2D eigenvalue weighted by Crippen LogP contribution is -2.43. The summed E-state index contributed by atoms with van der Waals surface area (Å²) < 4.78 is 21.2. The fourth-order valence-electron chi connectivity index (χ4n) is 3.73. The van der Waals surface area contributed by atoms with Gasteiger partial charge in [-0.15, -0.1) is 0 Å². The smallest absolute Gasteiger partial charge is 0.307 e. The number of carbonyl (C=O) groups excluding carboxylic acids is 3. The van der Waals surface area contributed by atoms with Crippen molar-refractivity contribution in [2.45, 2.75) is 18.9 Å². The maximum atomic E-state index is 13.0. The Hall–Kier alpha value is -3.75. The van der Waals surface area contributed by atoms with Gasteiger partial charge in [0, 0.05) is 12.1 Å². The summed E-state index contributed by atoms with van der Waals surface area (Å²) in [5, 5.41) is 0. The summed E-state index contributed by atoms with van der Waals surface area (Å²) in [7, 11) is 4.40. The molecule has 2 aromatic rings. The predicted molar refractivity (Wildman–Crippen MR) is 115 cm³/mol. The lowest BCUT2D eigenvalue weighted by atomic mass is 9.90. The third-order valence-electron chi connectivity index (χ3n) is 5.41. The highest BCUT2D eigenvalue weighted by Gasteiger charge is 2.34. The molecule has 0 bridgehead atoms. The van der Waals surface area contributed by atoms with Gasteiger partial charge in [0.15, 0.2) is 18.1 Å². The highest BCUT2D eigenvalue weighted by Crippen LogP contribution is 2.39. The molecule has 0 aliphatic carbocycles. The molecule has 0 saturated carbocycles. The molecular formula is C23H26N2O7. The van der Waals surface area contributed by atoms with Gasteiger partial charge in [0.25, 0.3) is 5.91 Å². The molecule has 2 aromatic carbocycles. The number of benzene rings is 2. The Morgan fingerprint density at radius 1 is 1.03 bits per heavy atom. The summed E-state index contributed by atoms with van der Waals surface area (Å²) in [6, 6.07) is 9.34.